The van der Waals surface area contributed by atoms with Gasteiger partial charge >= 0.3 is 0 Å². The summed E-state index contributed by atoms with van der Waals surface area (Å²) in [4.78, 5) is 0. The molecule has 1 aliphatic rings. The van der Waals surface area contributed by atoms with Gasteiger partial charge in [0.05, 0.1) is 12.1 Å². The number of benzene rings is 7. The van der Waals surface area contributed by atoms with E-state index < -0.39 is 0 Å². The van der Waals surface area contributed by atoms with E-state index >= 15 is 0 Å². The molecule has 0 aliphatic heterocycles. The standard InChI is InChI=1S/C44H38N2/c1-3-15-31(16-4-1)43(45-29-41-37-23-11-7-19-33(37)27-34-20-8-12-24-38(34)41)44(32-17-5-2-6-18-32)46-30-42-39-25-13-9-21-35(39)28-36-22-10-14-26-40(36)42/h1-9,11-21,23-28,43-46H,10,22,29-30H2/t43-,44-/m0/s1. The summed E-state index contributed by atoms with van der Waals surface area (Å²) in [5.74, 6) is 0. The minimum Gasteiger partial charge on any atom is -0.304 e. The van der Waals surface area contributed by atoms with Gasteiger partial charge in [0.25, 0.3) is 0 Å². The fraction of sp³-hybridized carbons (Fsp3) is 0.136. The van der Waals surface area contributed by atoms with Crippen LogP contribution in [0.3, 0.4) is 0 Å². The minimum atomic E-state index is 0.0303. The largest absolute Gasteiger partial charge is 0.304 e. The highest BCUT2D eigenvalue weighted by Gasteiger charge is 2.26. The van der Waals surface area contributed by atoms with Crippen LogP contribution in [0.1, 0.15) is 51.9 Å². The smallest absolute Gasteiger partial charge is 0.0521 e. The molecule has 0 heterocycles. The van der Waals surface area contributed by atoms with E-state index in [1.807, 2.05) is 0 Å². The van der Waals surface area contributed by atoms with Crippen LogP contribution in [0.25, 0.3) is 38.4 Å². The van der Waals surface area contributed by atoms with Gasteiger partial charge in [-0.05, 0) is 84.6 Å². The Morgan fingerprint density at radius 1 is 0.478 bits per heavy atom. The molecule has 8 rings (SSSR count). The van der Waals surface area contributed by atoms with Crippen molar-refractivity contribution >= 4 is 38.4 Å². The number of nitrogens with one attached hydrogen (secondary N) is 2. The van der Waals surface area contributed by atoms with E-state index in [-0.39, 0.29) is 12.1 Å². The van der Waals surface area contributed by atoms with Crippen molar-refractivity contribution in [2.45, 2.75) is 38.0 Å². The van der Waals surface area contributed by atoms with Crippen LogP contribution in [0.15, 0.2) is 152 Å². The molecule has 0 bridgehead atoms. The van der Waals surface area contributed by atoms with Gasteiger partial charge in [-0.1, -0.05) is 152 Å². The summed E-state index contributed by atoms with van der Waals surface area (Å²) in [5.41, 5.74) is 8.11. The number of hydrogen-bond acceptors (Lipinski definition) is 2. The maximum Gasteiger partial charge on any atom is 0.0521 e. The summed E-state index contributed by atoms with van der Waals surface area (Å²) >= 11 is 0. The molecular formula is C44H38N2. The van der Waals surface area contributed by atoms with E-state index in [1.54, 1.807) is 0 Å². The maximum absolute atomic E-state index is 4.11. The topological polar surface area (TPSA) is 24.1 Å². The second-order valence-corrected chi connectivity index (χ2v) is 12.4. The molecule has 2 heteroatoms. The van der Waals surface area contributed by atoms with Crippen molar-refractivity contribution in [3.63, 3.8) is 0 Å². The van der Waals surface area contributed by atoms with Crippen LogP contribution in [0, 0.1) is 0 Å². The van der Waals surface area contributed by atoms with Gasteiger partial charge in [0.2, 0.25) is 0 Å². The average Bonchev–Trinajstić information content (AvgIpc) is 3.12. The molecule has 0 fully saturated rings. The summed E-state index contributed by atoms with van der Waals surface area (Å²) in [6.45, 7) is 1.52. The third kappa shape index (κ3) is 5.51. The molecule has 7 aromatic carbocycles. The van der Waals surface area contributed by atoms with E-state index in [1.165, 1.54) is 65.7 Å². The Morgan fingerprint density at radius 3 is 1.50 bits per heavy atom. The van der Waals surface area contributed by atoms with Gasteiger partial charge in [-0.2, -0.15) is 0 Å². The van der Waals surface area contributed by atoms with Crippen LogP contribution in [-0.2, 0) is 19.5 Å². The molecule has 0 unspecified atom stereocenters. The predicted octanol–water partition coefficient (Wildman–Crippen LogP) is 10.5. The van der Waals surface area contributed by atoms with Gasteiger partial charge in [0.1, 0.15) is 0 Å². The van der Waals surface area contributed by atoms with Crippen LogP contribution >= 0.6 is 0 Å². The Labute approximate surface area is 271 Å². The Hall–Kier alpha value is -5.02. The first kappa shape index (κ1) is 28.5. The van der Waals surface area contributed by atoms with Crippen molar-refractivity contribution in [2.75, 3.05) is 0 Å². The van der Waals surface area contributed by atoms with Crippen LogP contribution < -0.4 is 10.6 Å². The third-order valence-electron chi connectivity index (χ3n) is 9.68. The van der Waals surface area contributed by atoms with Crippen molar-refractivity contribution in [1.29, 1.82) is 0 Å². The first-order chi connectivity index (χ1) is 22.8. The molecule has 0 amide bonds. The van der Waals surface area contributed by atoms with Crippen molar-refractivity contribution in [3.05, 3.63) is 185 Å². The highest BCUT2D eigenvalue weighted by atomic mass is 15.0. The van der Waals surface area contributed by atoms with E-state index in [2.05, 4.69) is 168 Å². The van der Waals surface area contributed by atoms with Gasteiger partial charge < -0.3 is 10.6 Å². The molecule has 0 radical (unpaired) electrons. The molecule has 7 aromatic rings. The second-order valence-electron chi connectivity index (χ2n) is 12.4. The van der Waals surface area contributed by atoms with E-state index in [0.717, 1.165) is 25.9 Å². The first-order valence-corrected chi connectivity index (χ1v) is 16.5. The normalized spacial score (nSPS) is 14.0. The molecular weight excluding hydrogens is 556 g/mol. The average molecular weight is 595 g/mol. The minimum absolute atomic E-state index is 0.0303. The van der Waals surface area contributed by atoms with Gasteiger partial charge in [0.15, 0.2) is 0 Å². The number of fused-ring (bicyclic) bond motifs is 4. The van der Waals surface area contributed by atoms with Gasteiger partial charge in [-0.3, -0.25) is 0 Å². The molecule has 2 N–H and O–H groups in total. The predicted molar refractivity (Wildman–Crippen MR) is 195 cm³/mol. The fourth-order valence-electron chi connectivity index (χ4n) is 7.45. The molecule has 0 saturated carbocycles. The maximum atomic E-state index is 4.11. The van der Waals surface area contributed by atoms with E-state index in [9.17, 15) is 0 Å². The molecule has 0 saturated heterocycles. The van der Waals surface area contributed by atoms with Crippen LogP contribution in [0.4, 0.5) is 0 Å². The molecule has 0 spiro atoms. The number of hydrogen-bond donors (Lipinski definition) is 2. The monoisotopic (exact) mass is 594 g/mol. The Balaban J connectivity index is 1.21. The summed E-state index contributed by atoms with van der Waals surface area (Å²) in [5, 5.41) is 16.0. The van der Waals surface area contributed by atoms with Crippen molar-refractivity contribution < 1.29 is 0 Å². The zero-order valence-electron chi connectivity index (χ0n) is 26.0. The van der Waals surface area contributed by atoms with Crippen molar-refractivity contribution in [3.8, 4) is 0 Å². The van der Waals surface area contributed by atoms with Gasteiger partial charge in [-0.15, -0.1) is 0 Å². The SMILES string of the molecule is C1=Cc2c(cc3ccccc3c2CN[C@@H](c2ccccc2)[C@@H](NCc2c3ccccc3cc3ccccc23)c2ccccc2)CC1. The Kier molecular flexibility index (Phi) is 7.90. The number of rotatable bonds is 9. The van der Waals surface area contributed by atoms with Crippen LogP contribution in [0.5, 0.6) is 0 Å². The lowest BCUT2D eigenvalue weighted by Crippen LogP contribution is -2.35. The lowest BCUT2D eigenvalue weighted by atomic mass is 9.88. The Morgan fingerprint density at radius 2 is 0.935 bits per heavy atom. The molecule has 0 aromatic heterocycles. The number of aryl methyl sites for hydroxylation is 1. The lowest BCUT2D eigenvalue weighted by molar-refractivity contribution is 0.382. The number of allylic oxidation sites excluding steroid dienone is 1. The van der Waals surface area contributed by atoms with E-state index in [0.29, 0.717) is 0 Å². The summed E-state index contributed by atoms with van der Waals surface area (Å²) in [6, 6.07) is 53.1. The fourth-order valence-corrected chi connectivity index (χ4v) is 7.45. The third-order valence-corrected chi connectivity index (χ3v) is 9.68. The van der Waals surface area contributed by atoms with Crippen molar-refractivity contribution in [2.24, 2.45) is 0 Å². The lowest BCUT2D eigenvalue weighted by Gasteiger charge is -2.31. The summed E-state index contributed by atoms with van der Waals surface area (Å²) in [7, 11) is 0. The summed E-state index contributed by atoms with van der Waals surface area (Å²) < 4.78 is 0. The highest BCUT2D eigenvalue weighted by molar-refractivity contribution is 6.02. The van der Waals surface area contributed by atoms with E-state index in [4.69, 9.17) is 0 Å². The molecule has 1 aliphatic carbocycles. The van der Waals surface area contributed by atoms with Gasteiger partial charge in [0, 0.05) is 13.1 Å². The van der Waals surface area contributed by atoms with Crippen LogP contribution in [-0.4, -0.2) is 0 Å². The first-order valence-electron chi connectivity index (χ1n) is 16.5. The quantitative estimate of drug-likeness (QED) is 0.163. The zero-order valence-corrected chi connectivity index (χ0v) is 26.0. The molecule has 2 atom stereocenters. The van der Waals surface area contributed by atoms with Gasteiger partial charge in [-0.25, -0.2) is 0 Å². The molecule has 224 valence electrons. The van der Waals surface area contributed by atoms with Crippen LogP contribution in [0.2, 0.25) is 0 Å². The highest BCUT2D eigenvalue weighted by Crippen LogP contribution is 2.35. The van der Waals surface area contributed by atoms with Crippen molar-refractivity contribution in [1.82, 2.24) is 10.6 Å². The summed E-state index contributed by atoms with van der Waals surface area (Å²) in [6.07, 6.45) is 6.88. The molecule has 46 heavy (non-hydrogen) atoms. The zero-order chi connectivity index (χ0) is 30.7. The molecule has 2 nitrogen and oxygen atoms in total. The Bertz CT molecular complexity index is 2110. The second kappa shape index (κ2) is 12.8.